The Morgan fingerprint density at radius 2 is 1.71 bits per heavy atom. The number of hydrogen-bond donors (Lipinski definition) is 1. The maximum Gasteiger partial charge on any atom is 0.115 e. The maximum atomic E-state index is 9.76. The van der Waals surface area contributed by atoms with E-state index in [0.717, 1.165) is 6.42 Å². The fraction of sp³-hybridized carbons (Fsp3) is 0.700. The predicted octanol–water partition coefficient (Wildman–Crippen LogP) is 5.88. The van der Waals surface area contributed by atoms with Gasteiger partial charge in [0.25, 0.3) is 0 Å². The van der Waals surface area contributed by atoms with E-state index in [1.807, 2.05) is 12.1 Å². The third-order valence-electron chi connectivity index (χ3n) is 4.89. The second-order valence-electron chi connectivity index (χ2n) is 8.53. The molecule has 0 spiro atoms. The number of phenolic OH excluding ortho intramolecular Hbond substituents is 1. The summed E-state index contributed by atoms with van der Waals surface area (Å²) in [5.74, 6) is 0.415. The average molecular weight is 288 g/mol. The molecular formula is C20H32O. The highest BCUT2D eigenvalue weighted by atomic mass is 16.3. The smallest absolute Gasteiger partial charge is 0.115 e. The Morgan fingerprint density at radius 3 is 2.33 bits per heavy atom. The van der Waals surface area contributed by atoms with E-state index in [2.05, 4.69) is 33.8 Å². The Bertz CT molecular complexity index is 463. The molecule has 0 amide bonds. The van der Waals surface area contributed by atoms with Crippen molar-refractivity contribution in [1.82, 2.24) is 0 Å². The Labute approximate surface area is 130 Å². The monoisotopic (exact) mass is 288 g/mol. The van der Waals surface area contributed by atoms with Gasteiger partial charge in [-0.2, -0.15) is 0 Å². The Morgan fingerprint density at radius 1 is 1.05 bits per heavy atom. The van der Waals surface area contributed by atoms with E-state index in [1.165, 1.54) is 56.1 Å². The number of benzene rings is 1. The van der Waals surface area contributed by atoms with Crippen LogP contribution in [0.3, 0.4) is 0 Å². The third-order valence-corrected chi connectivity index (χ3v) is 4.89. The summed E-state index contributed by atoms with van der Waals surface area (Å²) in [4.78, 5) is 0. The van der Waals surface area contributed by atoms with Crippen molar-refractivity contribution < 1.29 is 5.11 Å². The lowest BCUT2D eigenvalue weighted by Crippen LogP contribution is -2.06. The summed E-state index contributed by atoms with van der Waals surface area (Å²) in [7, 11) is 0. The molecule has 0 aromatic heterocycles. The van der Waals surface area contributed by atoms with Gasteiger partial charge in [-0.15, -0.1) is 0 Å². The van der Waals surface area contributed by atoms with Crippen molar-refractivity contribution in [3.63, 3.8) is 0 Å². The van der Waals surface area contributed by atoms with Gasteiger partial charge in [-0.3, -0.25) is 0 Å². The molecule has 0 atom stereocenters. The quantitative estimate of drug-likeness (QED) is 0.664. The fourth-order valence-electron chi connectivity index (χ4n) is 3.07. The Hall–Kier alpha value is -0.980. The van der Waals surface area contributed by atoms with Crippen molar-refractivity contribution in [2.24, 2.45) is 10.8 Å². The zero-order valence-electron chi connectivity index (χ0n) is 14.3. The van der Waals surface area contributed by atoms with E-state index >= 15 is 0 Å². The summed E-state index contributed by atoms with van der Waals surface area (Å²) in [6.45, 7) is 9.31. The standard InChI is InChI=1S/C20H32O/c1-19(2,3)11-5-8-17-15-18(21)10-9-16(17)7-6-12-20(4)13-14-20/h9-10,15,21H,5-8,11-14H2,1-4H3. The number of phenols is 1. The highest BCUT2D eigenvalue weighted by molar-refractivity contribution is 5.35. The van der Waals surface area contributed by atoms with Gasteiger partial charge in [0.1, 0.15) is 5.75 Å². The molecule has 21 heavy (non-hydrogen) atoms. The van der Waals surface area contributed by atoms with E-state index in [9.17, 15) is 5.11 Å². The van der Waals surface area contributed by atoms with Crippen LogP contribution in [0.4, 0.5) is 0 Å². The zero-order valence-corrected chi connectivity index (χ0v) is 14.3. The van der Waals surface area contributed by atoms with Crippen molar-refractivity contribution in [1.29, 1.82) is 0 Å². The lowest BCUT2D eigenvalue weighted by atomic mass is 9.87. The van der Waals surface area contributed by atoms with Crippen LogP contribution in [0.1, 0.15) is 77.3 Å². The molecule has 2 rings (SSSR count). The first-order valence-corrected chi connectivity index (χ1v) is 8.58. The molecule has 1 nitrogen and oxygen atoms in total. The predicted molar refractivity (Wildman–Crippen MR) is 90.8 cm³/mol. The van der Waals surface area contributed by atoms with Gasteiger partial charge in [0.2, 0.25) is 0 Å². The summed E-state index contributed by atoms with van der Waals surface area (Å²) in [5, 5.41) is 9.76. The first-order chi connectivity index (χ1) is 9.77. The summed E-state index contributed by atoms with van der Waals surface area (Å²) in [6, 6.07) is 5.97. The van der Waals surface area contributed by atoms with Crippen molar-refractivity contribution in [3.05, 3.63) is 29.3 Å². The van der Waals surface area contributed by atoms with Crippen LogP contribution in [-0.2, 0) is 12.8 Å². The van der Waals surface area contributed by atoms with Crippen LogP contribution in [0.25, 0.3) is 0 Å². The summed E-state index contributed by atoms with van der Waals surface area (Å²) >= 11 is 0. The lowest BCUT2D eigenvalue weighted by Gasteiger charge is -2.18. The van der Waals surface area contributed by atoms with Crippen LogP contribution >= 0.6 is 0 Å². The van der Waals surface area contributed by atoms with Crippen molar-refractivity contribution in [2.75, 3.05) is 0 Å². The normalized spacial score (nSPS) is 17.0. The SMILES string of the molecule is CC(C)(C)CCCc1cc(O)ccc1CCCC1(C)CC1. The van der Waals surface area contributed by atoms with Crippen LogP contribution in [0.5, 0.6) is 5.75 Å². The molecule has 1 aromatic carbocycles. The van der Waals surface area contributed by atoms with Crippen molar-refractivity contribution in [3.8, 4) is 5.75 Å². The highest BCUT2D eigenvalue weighted by Gasteiger charge is 2.36. The van der Waals surface area contributed by atoms with Crippen molar-refractivity contribution in [2.45, 2.75) is 79.1 Å². The second kappa shape index (κ2) is 6.42. The maximum absolute atomic E-state index is 9.76. The summed E-state index contributed by atoms with van der Waals surface area (Å²) < 4.78 is 0. The van der Waals surface area contributed by atoms with E-state index in [4.69, 9.17) is 0 Å². The Kier molecular flexibility index (Phi) is 5.01. The molecule has 1 aromatic rings. The zero-order chi connectivity index (χ0) is 15.5. The van der Waals surface area contributed by atoms with Gasteiger partial charge in [0.05, 0.1) is 0 Å². The molecule has 1 aliphatic rings. The Balaban J connectivity index is 1.89. The van der Waals surface area contributed by atoms with E-state index in [-0.39, 0.29) is 0 Å². The van der Waals surface area contributed by atoms with Crippen molar-refractivity contribution >= 4 is 0 Å². The van der Waals surface area contributed by atoms with Crippen LogP contribution in [-0.4, -0.2) is 5.11 Å². The van der Waals surface area contributed by atoms with Crippen LogP contribution < -0.4 is 0 Å². The van der Waals surface area contributed by atoms with Gasteiger partial charge in [-0.1, -0.05) is 33.8 Å². The first-order valence-electron chi connectivity index (χ1n) is 8.58. The fourth-order valence-corrected chi connectivity index (χ4v) is 3.07. The molecule has 0 unspecified atom stereocenters. The van der Waals surface area contributed by atoms with Crippen LogP contribution in [0.15, 0.2) is 18.2 Å². The molecular weight excluding hydrogens is 256 g/mol. The van der Waals surface area contributed by atoms with Gasteiger partial charge in [-0.05, 0) is 85.5 Å². The first kappa shape index (κ1) is 16.4. The number of rotatable bonds is 7. The van der Waals surface area contributed by atoms with Crippen LogP contribution in [0, 0.1) is 10.8 Å². The molecule has 1 N–H and O–H groups in total. The van der Waals surface area contributed by atoms with Crippen LogP contribution in [0.2, 0.25) is 0 Å². The van der Waals surface area contributed by atoms with E-state index in [1.54, 1.807) is 0 Å². The van der Waals surface area contributed by atoms with Gasteiger partial charge < -0.3 is 5.11 Å². The molecule has 1 heteroatoms. The number of hydrogen-bond acceptors (Lipinski definition) is 1. The minimum absolute atomic E-state index is 0.400. The summed E-state index contributed by atoms with van der Waals surface area (Å²) in [5.41, 5.74) is 3.87. The molecule has 118 valence electrons. The molecule has 1 aliphatic carbocycles. The third kappa shape index (κ3) is 5.73. The molecule has 0 bridgehead atoms. The molecule has 0 saturated heterocycles. The summed E-state index contributed by atoms with van der Waals surface area (Å²) in [6.07, 6.45) is 10.2. The molecule has 0 radical (unpaired) electrons. The van der Waals surface area contributed by atoms with Gasteiger partial charge in [0, 0.05) is 0 Å². The molecule has 1 saturated carbocycles. The number of aromatic hydroxyl groups is 1. The minimum Gasteiger partial charge on any atom is -0.508 e. The van der Waals surface area contributed by atoms with Gasteiger partial charge in [-0.25, -0.2) is 0 Å². The lowest BCUT2D eigenvalue weighted by molar-refractivity contribution is 0.365. The largest absolute Gasteiger partial charge is 0.508 e. The second-order valence-corrected chi connectivity index (χ2v) is 8.53. The highest BCUT2D eigenvalue weighted by Crippen LogP contribution is 2.49. The molecule has 0 heterocycles. The van der Waals surface area contributed by atoms with Gasteiger partial charge >= 0.3 is 0 Å². The minimum atomic E-state index is 0.400. The molecule has 0 aliphatic heterocycles. The average Bonchev–Trinajstić information content (AvgIpc) is 3.09. The molecule has 1 fully saturated rings. The van der Waals surface area contributed by atoms with E-state index < -0.39 is 0 Å². The van der Waals surface area contributed by atoms with Gasteiger partial charge in [0.15, 0.2) is 0 Å². The van der Waals surface area contributed by atoms with E-state index in [0.29, 0.717) is 16.6 Å². The topological polar surface area (TPSA) is 20.2 Å². The number of aryl methyl sites for hydroxylation is 2.